The molecule has 2 aromatic rings. The first kappa shape index (κ1) is 23.6. The van der Waals surface area contributed by atoms with Crippen LogP contribution in [-0.2, 0) is 26.0 Å². The molecule has 2 amide bonds. The minimum absolute atomic E-state index is 0.0275. The lowest BCUT2D eigenvalue weighted by Gasteiger charge is -2.38. The van der Waals surface area contributed by atoms with Gasteiger partial charge in [-0.05, 0) is 36.2 Å². The lowest BCUT2D eigenvalue weighted by molar-refractivity contribution is -0.146. The van der Waals surface area contributed by atoms with Crippen molar-refractivity contribution in [3.63, 3.8) is 0 Å². The highest BCUT2D eigenvalue weighted by atomic mass is 32.2. The summed E-state index contributed by atoms with van der Waals surface area (Å²) in [7, 11) is -1.29. The molecule has 2 aromatic carbocycles. The number of hydrogen-bond acceptors (Lipinski definition) is 6. The van der Waals surface area contributed by atoms with Gasteiger partial charge < -0.3 is 19.7 Å². The van der Waals surface area contributed by atoms with Crippen LogP contribution in [0.25, 0.3) is 0 Å². The fourth-order valence-electron chi connectivity index (χ4n) is 3.52. The van der Waals surface area contributed by atoms with Crippen LogP contribution in [0, 0.1) is 0 Å². The number of nitrogens with zero attached hydrogens (tertiary/aromatic N) is 2. The Kier molecular flexibility index (Phi) is 7.70. The lowest BCUT2D eigenvalue weighted by atomic mass is 10.1. The van der Waals surface area contributed by atoms with E-state index in [-0.39, 0.29) is 30.6 Å². The molecule has 1 N–H and O–H groups in total. The molecule has 1 heterocycles. The van der Waals surface area contributed by atoms with Crippen LogP contribution < -0.4 is 10.1 Å². The molecule has 1 atom stereocenters. The van der Waals surface area contributed by atoms with Gasteiger partial charge in [0.25, 0.3) is 0 Å². The van der Waals surface area contributed by atoms with Crippen LogP contribution in [0.3, 0.4) is 0 Å². The fourth-order valence-corrected chi connectivity index (χ4v) is 5.08. The first-order chi connectivity index (χ1) is 15.4. The molecule has 0 radical (unpaired) electrons. The normalized spacial score (nSPS) is 16.9. The summed E-state index contributed by atoms with van der Waals surface area (Å²) >= 11 is 0. The number of hydrogen-bond donors (Lipinski definition) is 1. The highest BCUT2D eigenvalue weighted by molar-refractivity contribution is 7.89. The number of sulfonamides is 1. The number of nitrogens with one attached hydrogen (secondary N) is 1. The number of esters is 1. The van der Waals surface area contributed by atoms with Gasteiger partial charge in [-0.3, -0.25) is 4.79 Å². The van der Waals surface area contributed by atoms with Crippen molar-refractivity contribution in [3.8, 4) is 5.75 Å². The van der Waals surface area contributed by atoms with Crippen molar-refractivity contribution in [2.75, 3.05) is 40.4 Å². The highest BCUT2D eigenvalue weighted by Crippen LogP contribution is 2.24. The van der Waals surface area contributed by atoms with E-state index in [9.17, 15) is 18.0 Å². The second-order valence-electron chi connectivity index (χ2n) is 7.24. The molecule has 3 rings (SSSR count). The number of carbonyl (C=O) groups is 2. The van der Waals surface area contributed by atoms with E-state index in [1.165, 1.54) is 43.4 Å². The number of urea groups is 1. The van der Waals surface area contributed by atoms with Crippen LogP contribution in [0.15, 0.2) is 59.5 Å². The molecule has 1 aliphatic heterocycles. The van der Waals surface area contributed by atoms with E-state index < -0.39 is 22.0 Å². The summed E-state index contributed by atoms with van der Waals surface area (Å²) in [5.41, 5.74) is 1.09. The monoisotopic (exact) mass is 461 g/mol. The summed E-state index contributed by atoms with van der Waals surface area (Å²) in [5, 5.41) is 2.83. The van der Waals surface area contributed by atoms with Gasteiger partial charge in [-0.15, -0.1) is 0 Å². The average molecular weight is 462 g/mol. The maximum Gasteiger partial charge on any atom is 0.326 e. The fraction of sp³-hybridized carbons (Fsp3) is 0.364. The number of piperazine rings is 1. The number of amides is 2. The van der Waals surface area contributed by atoms with Crippen molar-refractivity contribution in [1.82, 2.24) is 14.5 Å². The van der Waals surface area contributed by atoms with Crippen LogP contribution in [0.2, 0.25) is 0 Å². The molecule has 9 nitrogen and oxygen atoms in total. The van der Waals surface area contributed by atoms with E-state index in [4.69, 9.17) is 9.47 Å². The first-order valence-corrected chi connectivity index (χ1v) is 11.6. The molecule has 1 aliphatic rings. The summed E-state index contributed by atoms with van der Waals surface area (Å²) < 4.78 is 37.4. The molecular formula is C22H27N3O6S. The molecule has 0 spiro atoms. The summed E-state index contributed by atoms with van der Waals surface area (Å²) in [6, 6.07) is 14.2. The third-order valence-electron chi connectivity index (χ3n) is 5.29. The predicted octanol–water partition coefficient (Wildman–Crippen LogP) is 1.50. The zero-order valence-electron chi connectivity index (χ0n) is 18.1. The zero-order valence-corrected chi connectivity index (χ0v) is 18.9. The molecule has 32 heavy (non-hydrogen) atoms. The van der Waals surface area contributed by atoms with Gasteiger partial charge in [0.05, 0.1) is 19.1 Å². The quantitative estimate of drug-likeness (QED) is 0.627. The van der Waals surface area contributed by atoms with E-state index >= 15 is 0 Å². The Morgan fingerprint density at radius 3 is 2.34 bits per heavy atom. The predicted molar refractivity (Wildman–Crippen MR) is 118 cm³/mol. The number of rotatable bonds is 7. The Morgan fingerprint density at radius 1 is 1.03 bits per heavy atom. The highest BCUT2D eigenvalue weighted by Gasteiger charge is 2.42. The minimum atomic E-state index is -3.97. The Labute approximate surface area is 188 Å². The maximum absolute atomic E-state index is 13.2. The number of benzene rings is 2. The van der Waals surface area contributed by atoms with Crippen LogP contribution in [-0.4, -0.2) is 76.1 Å². The molecule has 0 bridgehead atoms. The van der Waals surface area contributed by atoms with E-state index in [1.807, 2.05) is 30.3 Å². The van der Waals surface area contributed by atoms with Crippen molar-refractivity contribution < 1.29 is 27.5 Å². The smallest absolute Gasteiger partial charge is 0.326 e. The average Bonchev–Trinajstić information content (AvgIpc) is 2.83. The second kappa shape index (κ2) is 10.5. The summed E-state index contributed by atoms with van der Waals surface area (Å²) in [6.07, 6.45) is 0.666. The van der Waals surface area contributed by atoms with Gasteiger partial charge in [0, 0.05) is 26.2 Å². The number of ether oxygens (including phenoxy) is 2. The van der Waals surface area contributed by atoms with Gasteiger partial charge in [-0.25, -0.2) is 13.2 Å². The maximum atomic E-state index is 13.2. The molecular weight excluding hydrogens is 434 g/mol. The molecule has 1 fully saturated rings. The van der Waals surface area contributed by atoms with Gasteiger partial charge in [0.1, 0.15) is 11.8 Å². The zero-order chi connectivity index (χ0) is 23.1. The molecule has 10 heteroatoms. The van der Waals surface area contributed by atoms with Crippen molar-refractivity contribution in [2.45, 2.75) is 17.4 Å². The van der Waals surface area contributed by atoms with Gasteiger partial charge in [-0.1, -0.05) is 30.3 Å². The lowest BCUT2D eigenvalue weighted by Crippen LogP contribution is -2.60. The van der Waals surface area contributed by atoms with Crippen LogP contribution in [0.1, 0.15) is 5.56 Å². The SMILES string of the molecule is COC(=O)C1CN(C(=O)NCCc2ccccc2)CCN1S(=O)(=O)c1ccc(OC)cc1. The van der Waals surface area contributed by atoms with Crippen molar-refractivity contribution >= 4 is 22.0 Å². The Balaban J connectivity index is 1.68. The molecule has 0 aromatic heterocycles. The van der Waals surface area contributed by atoms with Crippen molar-refractivity contribution in [2.24, 2.45) is 0 Å². The van der Waals surface area contributed by atoms with E-state index in [0.717, 1.165) is 9.87 Å². The van der Waals surface area contributed by atoms with Gasteiger partial charge in [0.15, 0.2) is 0 Å². The Morgan fingerprint density at radius 2 is 1.72 bits per heavy atom. The topological polar surface area (TPSA) is 105 Å². The molecule has 1 unspecified atom stereocenters. The second-order valence-corrected chi connectivity index (χ2v) is 9.13. The number of methoxy groups -OCH3 is 2. The van der Waals surface area contributed by atoms with E-state index in [1.54, 1.807) is 0 Å². The molecule has 1 saturated heterocycles. The Bertz CT molecular complexity index is 1030. The van der Waals surface area contributed by atoms with Crippen molar-refractivity contribution in [1.29, 1.82) is 0 Å². The number of carbonyl (C=O) groups excluding carboxylic acids is 2. The van der Waals surface area contributed by atoms with Gasteiger partial charge >= 0.3 is 12.0 Å². The van der Waals surface area contributed by atoms with Gasteiger partial charge in [-0.2, -0.15) is 4.31 Å². The van der Waals surface area contributed by atoms with Crippen LogP contribution in [0.4, 0.5) is 4.79 Å². The molecule has 0 aliphatic carbocycles. The summed E-state index contributed by atoms with van der Waals surface area (Å²) in [5.74, 6) is -0.200. The van der Waals surface area contributed by atoms with Crippen LogP contribution in [0.5, 0.6) is 5.75 Å². The van der Waals surface area contributed by atoms with E-state index in [2.05, 4.69) is 5.32 Å². The van der Waals surface area contributed by atoms with Crippen molar-refractivity contribution in [3.05, 3.63) is 60.2 Å². The van der Waals surface area contributed by atoms with Crippen LogP contribution >= 0.6 is 0 Å². The molecule has 0 saturated carbocycles. The third kappa shape index (κ3) is 5.38. The summed E-state index contributed by atoms with van der Waals surface area (Å²) in [6.45, 7) is 0.454. The molecule has 172 valence electrons. The largest absolute Gasteiger partial charge is 0.497 e. The first-order valence-electron chi connectivity index (χ1n) is 10.2. The van der Waals surface area contributed by atoms with Gasteiger partial charge in [0.2, 0.25) is 10.0 Å². The third-order valence-corrected chi connectivity index (χ3v) is 7.21. The minimum Gasteiger partial charge on any atom is -0.497 e. The summed E-state index contributed by atoms with van der Waals surface area (Å²) in [4.78, 5) is 26.5. The van der Waals surface area contributed by atoms with E-state index in [0.29, 0.717) is 18.7 Å². The standard InChI is InChI=1S/C22H27N3O6S/c1-30-18-8-10-19(11-9-18)32(28,29)25-15-14-24(16-20(25)21(26)31-2)22(27)23-13-12-17-6-4-3-5-7-17/h3-11,20H,12-16H2,1-2H3,(H,23,27). The Hall–Kier alpha value is -3.11.